The molecule has 2 saturated heterocycles. The number of nitrogens with one attached hydrogen (secondary N) is 2. The molecule has 31 heavy (non-hydrogen) atoms. The van der Waals surface area contributed by atoms with Gasteiger partial charge in [0, 0.05) is 26.3 Å². The summed E-state index contributed by atoms with van der Waals surface area (Å²) in [6, 6.07) is 8.59. The average Bonchev–Trinajstić information content (AvgIpc) is 2.81. The van der Waals surface area contributed by atoms with Gasteiger partial charge < -0.3 is 25.0 Å². The fourth-order valence-corrected chi connectivity index (χ4v) is 4.18. The van der Waals surface area contributed by atoms with Gasteiger partial charge in [0.1, 0.15) is 0 Å². The first-order chi connectivity index (χ1) is 15.2. The monoisotopic (exact) mass is 430 g/mol. The molecule has 0 bridgehead atoms. The van der Waals surface area contributed by atoms with Gasteiger partial charge in [0.2, 0.25) is 0 Å². The maximum Gasteiger partial charge on any atom is 0.191 e. The highest BCUT2D eigenvalue weighted by atomic mass is 16.5. The Kier molecular flexibility index (Phi) is 10.6. The number of likely N-dealkylation sites (tertiary alicyclic amines) is 1. The normalized spacial score (nSPS) is 19.5. The summed E-state index contributed by atoms with van der Waals surface area (Å²) in [4.78, 5) is 7.39. The van der Waals surface area contributed by atoms with Crippen molar-refractivity contribution < 1.29 is 9.47 Å². The molecule has 6 heteroatoms. The molecule has 0 aromatic heterocycles. The Morgan fingerprint density at radius 3 is 2.68 bits per heavy atom. The van der Waals surface area contributed by atoms with Gasteiger partial charge in [-0.25, -0.2) is 4.99 Å². The molecular formula is C25H42N4O2. The summed E-state index contributed by atoms with van der Waals surface area (Å²) in [5.74, 6) is 1.80. The molecule has 0 unspecified atom stereocenters. The Balaban J connectivity index is 1.40. The number of rotatable bonds is 10. The van der Waals surface area contributed by atoms with Crippen molar-refractivity contribution in [3.8, 4) is 0 Å². The number of guanidine groups is 1. The van der Waals surface area contributed by atoms with Crippen molar-refractivity contribution in [2.24, 2.45) is 10.9 Å². The standard InChI is InChI=1S/C25H42N4O2/c1-3-26-25(27-12-5-13-29-14-8-21(2)9-15-29)28-19-22-6-4-7-23(18-22)20-31-24-10-16-30-17-11-24/h4,6-7,18,21,24H,3,5,8-17,19-20H2,1-2H3,(H2,26,27,28). The van der Waals surface area contributed by atoms with Crippen molar-refractivity contribution in [1.29, 1.82) is 0 Å². The molecular weight excluding hydrogens is 388 g/mol. The van der Waals surface area contributed by atoms with Gasteiger partial charge in [0.05, 0.1) is 19.3 Å². The van der Waals surface area contributed by atoms with Crippen LogP contribution in [-0.4, -0.2) is 62.9 Å². The molecule has 1 aromatic carbocycles. The number of ether oxygens (including phenoxy) is 2. The Morgan fingerprint density at radius 1 is 1.13 bits per heavy atom. The number of piperidine rings is 1. The van der Waals surface area contributed by atoms with Crippen LogP contribution in [0, 0.1) is 5.92 Å². The minimum atomic E-state index is 0.327. The van der Waals surface area contributed by atoms with Gasteiger partial charge in [-0.3, -0.25) is 0 Å². The highest BCUT2D eigenvalue weighted by molar-refractivity contribution is 5.79. The van der Waals surface area contributed by atoms with Crippen LogP contribution in [0.1, 0.15) is 57.1 Å². The molecule has 2 heterocycles. The Labute approximate surface area is 188 Å². The largest absolute Gasteiger partial charge is 0.381 e. The van der Waals surface area contributed by atoms with E-state index >= 15 is 0 Å². The zero-order valence-corrected chi connectivity index (χ0v) is 19.6. The van der Waals surface area contributed by atoms with Crippen molar-refractivity contribution in [2.75, 3.05) is 45.9 Å². The number of hydrogen-bond acceptors (Lipinski definition) is 4. The summed E-state index contributed by atoms with van der Waals surface area (Å²) in [5, 5.41) is 6.87. The molecule has 0 aliphatic carbocycles. The number of nitrogens with zero attached hydrogens (tertiary/aromatic N) is 2. The summed E-state index contributed by atoms with van der Waals surface area (Å²) in [6.45, 7) is 13.0. The van der Waals surface area contributed by atoms with Crippen LogP contribution in [0.4, 0.5) is 0 Å². The molecule has 0 saturated carbocycles. The average molecular weight is 431 g/mol. The van der Waals surface area contributed by atoms with Gasteiger partial charge in [-0.05, 0) is 75.7 Å². The lowest BCUT2D eigenvalue weighted by atomic mass is 9.99. The van der Waals surface area contributed by atoms with Crippen molar-refractivity contribution >= 4 is 5.96 Å². The summed E-state index contributed by atoms with van der Waals surface area (Å²) >= 11 is 0. The smallest absolute Gasteiger partial charge is 0.191 e. The van der Waals surface area contributed by atoms with Gasteiger partial charge in [-0.2, -0.15) is 0 Å². The Bertz CT molecular complexity index is 653. The van der Waals surface area contributed by atoms with Crippen LogP contribution in [0.2, 0.25) is 0 Å². The number of aliphatic imine (C=N–C) groups is 1. The lowest BCUT2D eigenvalue weighted by Crippen LogP contribution is -2.39. The fourth-order valence-electron chi connectivity index (χ4n) is 4.18. The van der Waals surface area contributed by atoms with Gasteiger partial charge >= 0.3 is 0 Å². The van der Waals surface area contributed by atoms with Crippen LogP contribution in [0.3, 0.4) is 0 Å². The molecule has 2 aliphatic heterocycles. The predicted molar refractivity (Wildman–Crippen MR) is 127 cm³/mol. The van der Waals surface area contributed by atoms with E-state index in [1.54, 1.807) is 0 Å². The van der Waals surface area contributed by atoms with E-state index in [0.717, 1.165) is 57.4 Å². The van der Waals surface area contributed by atoms with E-state index in [1.165, 1.54) is 43.6 Å². The van der Waals surface area contributed by atoms with Crippen molar-refractivity contribution in [3.05, 3.63) is 35.4 Å². The molecule has 1 aromatic rings. The van der Waals surface area contributed by atoms with E-state index in [9.17, 15) is 0 Å². The first kappa shape index (κ1) is 24.0. The zero-order chi connectivity index (χ0) is 21.7. The second kappa shape index (κ2) is 13.7. The molecule has 6 nitrogen and oxygen atoms in total. The molecule has 0 radical (unpaired) electrons. The lowest BCUT2D eigenvalue weighted by Gasteiger charge is -2.30. The topological polar surface area (TPSA) is 58.1 Å². The van der Waals surface area contributed by atoms with Crippen LogP contribution in [-0.2, 0) is 22.6 Å². The van der Waals surface area contributed by atoms with Crippen LogP contribution in [0.15, 0.2) is 29.3 Å². The molecule has 0 spiro atoms. The Morgan fingerprint density at radius 2 is 1.90 bits per heavy atom. The maximum absolute atomic E-state index is 6.06. The summed E-state index contributed by atoms with van der Waals surface area (Å²) in [7, 11) is 0. The van der Waals surface area contributed by atoms with E-state index in [2.05, 4.69) is 53.6 Å². The van der Waals surface area contributed by atoms with E-state index < -0.39 is 0 Å². The molecule has 2 N–H and O–H groups in total. The molecule has 2 fully saturated rings. The maximum atomic E-state index is 6.06. The van der Waals surface area contributed by atoms with E-state index in [4.69, 9.17) is 14.5 Å². The van der Waals surface area contributed by atoms with E-state index in [1.807, 2.05) is 0 Å². The summed E-state index contributed by atoms with van der Waals surface area (Å²) in [5.41, 5.74) is 2.43. The first-order valence-corrected chi connectivity index (χ1v) is 12.2. The SMILES string of the molecule is CCNC(=NCc1cccc(COC2CCOCC2)c1)NCCCN1CCC(C)CC1. The van der Waals surface area contributed by atoms with E-state index in [-0.39, 0.29) is 0 Å². The van der Waals surface area contributed by atoms with Crippen LogP contribution in [0.5, 0.6) is 0 Å². The van der Waals surface area contributed by atoms with Crippen molar-refractivity contribution in [1.82, 2.24) is 15.5 Å². The highest BCUT2D eigenvalue weighted by Crippen LogP contribution is 2.16. The van der Waals surface area contributed by atoms with Gasteiger partial charge in [-0.1, -0.05) is 31.2 Å². The Hall–Kier alpha value is -1.63. The first-order valence-electron chi connectivity index (χ1n) is 12.2. The zero-order valence-electron chi connectivity index (χ0n) is 19.6. The van der Waals surface area contributed by atoms with Gasteiger partial charge in [0.25, 0.3) is 0 Å². The predicted octanol–water partition coefficient (Wildman–Crippen LogP) is 3.56. The second-order valence-electron chi connectivity index (χ2n) is 8.94. The quantitative estimate of drug-likeness (QED) is 0.338. The molecule has 3 rings (SSSR count). The van der Waals surface area contributed by atoms with Crippen LogP contribution < -0.4 is 10.6 Å². The number of hydrogen-bond donors (Lipinski definition) is 2. The molecule has 0 amide bonds. The molecule has 0 atom stereocenters. The molecule has 174 valence electrons. The summed E-state index contributed by atoms with van der Waals surface area (Å²) in [6.07, 6.45) is 6.16. The van der Waals surface area contributed by atoms with Crippen molar-refractivity contribution in [3.63, 3.8) is 0 Å². The van der Waals surface area contributed by atoms with Gasteiger partial charge in [-0.15, -0.1) is 0 Å². The van der Waals surface area contributed by atoms with Crippen LogP contribution in [0.25, 0.3) is 0 Å². The second-order valence-corrected chi connectivity index (χ2v) is 8.94. The number of benzene rings is 1. The third-order valence-corrected chi connectivity index (χ3v) is 6.23. The summed E-state index contributed by atoms with van der Waals surface area (Å²) < 4.78 is 11.5. The minimum absolute atomic E-state index is 0.327. The van der Waals surface area contributed by atoms with Crippen LogP contribution >= 0.6 is 0 Å². The molecule has 2 aliphatic rings. The van der Waals surface area contributed by atoms with E-state index in [0.29, 0.717) is 19.3 Å². The fraction of sp³-hybridized carbons (Fsp3) is 0.720. The third-order valence-electron chi connectivity index (χ3n) is 6.23. The minimum Gasteiger partial charge on any atom is -0.381 e. The van der Waals surface area contributed by atoms with Gasteiger partial charge in [0.15, 0.2) is 5.96 Å². The van der Waals surface area contributed by atoms with Crippen molar-refractivity contribution in [2.45, 2.75) is 65.2 Å². The highest BCUT2D eigenvalue weighted by Gasteiger charge is 2.15. The lowest BCUT2D eigenvalue weighted by molar-refractivity contribution is -0.0390. The third kappa shape index (κ3) is 9.17.